The summed E-state index contributed by atoms with van der Waals surface area (Å²) < 4.78 is 23.4. The first-order valence-corrected chi connectivity index (χ1v) is 10.9. The normalized spacial score (nSPS) is 16.6. The Labute approximate surface area is 144 Å². The van der Waals surface area contributed by atoms with Crippen molar-refractivity contribution in [2.45, 2.75) is 25.1 Å². The molecule has 0 amide bonds. The number of hydrogen-bond donors (Lipinski definition) is 0. The second-order valence-corrected chi connectivity index (χ2v) is 9.27. The van der Waals surface area contributed by atoms with Crippen LogP contribution in [0.5, 0.6) is 11.5 Å². The Morgan fingerprint density at radius 2 is 1.50 bits per heavy atom. The topological polar surface area (TPSA) is 40.2 Å². The van der Waals surface area contributed by atoms with Gasteiger partial charge in [0.25, 0.3) is 0 Å². The van der Waals surface area contributed by atoms with Gasteiger partial charge in [0.05, 0.1) is 13.2 Å². The van der Waals surface area contributed by atoms with Crippen molar-refractivity contribution in [1.82, 2.24) is 0 Å². The molecule has 128 valence electrons. The molecule has 1 saturated heterocycles. The quantitative estimate of drug-likeness (QED) is 0.371. The summed E-state index contributed by atoms with van der Waals surface area (Å²) in [6.45, 7) is 4.34. The molecule has 0 bridgehead atoms. The Balaban J connectivity index is 1.58. The average molecular weight is 344 g/mol. The SMILES string of the molecule is C[Si](CCCOCC1CO1)(Oc1ccccc1)Oc1ccccc1. The molecule has 5 heteroatoms. The standard InChI is InChI=1S/C19H24O4Si/c1-24(22-17-9-4-2-5-10-17,23-18-11-6-3-7-12-18)14-8-13-20-15-19-16-21-19/h2-7,9-12,19H,8,13-16H2,1H3. The van der Waals surface area contributed by atoms with Crippen LogP contribution in [0.2, 0.25) is 12.6 Å². The number of epoxide rings is 1. The van der Waals surface area contributed by atoms with Crippen molar-refractivity contribution in [3.8, 4) is 11.5 Å². The third-order valence-corrected chi connectivity index (χ3v) is 6.38. The molecule has 2 aromatic rings. The number of rotatable bonds is 10. The molecule has 1 unspecified atom stereocenters. The Bertz CT molecular complexity index is 560. The highest BCUT2D eigenvalue weighted by Gasteiger charge is 2.35. The summed E-state index contributed by atoms with van der Waals surface area (Å²) in [4.78, 5) is 0. The second kappa shape index (κ2) is 8.33. The molecule has 0 N–H and O–H groups in total. The van der Waals surface area contributed by atoms with Gasteiger partial charge in [0.2, 0.25) is 0 Å². The van der Waals surface area contributed by atoms with Gasteiger partial charge in [-0.1, -0.05) is 36.4 Å². The van der Waals surface area contributed by atoms with Gasteiger partial charge in [-0.25, -0.2) is 0 Å². The van der Waals surface area contributed by atoms with E-state index in [-0.39, 0.29) is 0 Å². The van der Waals surface area contributed by atoms with Gasteiger partial charge in [0.15, 0.2) is 0 Å². The molecular weight excluding hydrogens is 320 g/mol. The maximum Gasteiger partial charge on any atom is 0.457 e. The summed E-state index contributed by atoms with van der Waals surface area (Å²) in [7, 11) is -2.40. The number of ether oxygens (including phenoxy) is 2. The van der Waals surface area contributed by atoms with E-state index in [0.717, 1.165) is 30.6 Å². The first-order valence-electron chi connectivity index (χ1n) is 8.41. The van der Waals surface area contributed by atoms with E-state index in [4.69, 9.17) is 18.3 Å². The molecule has 0 saturated carbocycles. The lowest BCUT2D eigenvalue weighted by Crippen LogP contribution is -2.45. The van der Waals surface area contributed by atoms with Crippen LogP contribution in [0.4, 0.5) is 0 Å². The smallest absolute Gasteiger partial charge is 0.457 e. The molecule has 0 aromatic heterocycles. The third-order valence-electron chi connectivity index (χ3n) is 3.78. The van der Waals surface area contributed by atoms with Crippen LogP contribution in [-0.4, -0.2) is 34.5 Å². The van der Waals surface area contributed by atoms with E-state index < -0.39 is 8.56 Å². The van der Waals surface area contributed by atoms with Gasteiger partial charge < -0.3 is 18.3 Å². The van der Waals surface area contributed by atoms with Gasteiger partial charge in [-0.2, -0.15) is 0 Å². The fourth-order valence-electron chi connectivity index (χ4n) is 2.47. The maximum atomic E-state index is 6.28. The third kappa shape index (κ3) is 5.67. The monoisotopic (exact) mass is 344 g/mol. The molecule has 1 atom stereocenters. The number of para-hydroxylation sites is 2. The first kappa shape index (κ1) is 17.0. The molecule has 4 nitrogen and oxygen atoms in total. The summed E-state index contributed by atoms with van der Waals surface area (Å²) in [5.41, 5.74) is 0. The van der Waals surface area contributed by atoms with Gasteiger partial charge in [-0.15, -0.1) is 0 Å². The summed E-state index contributed by atoms with van der Waals surface area (Å²) in [5.74, 6) is 1.71. The van der Waals surface area contributed by atoms with Crippen LogP contribution in [-0.2, 0) is 9.47 Å². The fraction of sp³-hybridized carbons (Fsp3) is 0.368. The van der Waals surface area contributed by atoms with Crippen molar-refractivity contribution in [3.05, 3.63) is 60.7 Å². The van der Waals surface area contributed by atoms with E-state index in [1.54, 1.807) is 0 Å². The lowest BCUT2D eigenvalue weighted by molar-refractivity contribution is 0.116. The summed E-state index contributed by atoms with van der Waals surface area (Å²) in [5, 5.41) is 0. The Hall–Kier alpha value is -1.82. The highest BCUT2D eigenvalue weighted by atomic mass is 28.4. The van der Waals surface area contributed by atoms with Crippen LogP contribution in [0.15, 0.2) is 60.7 Å². The Morgan fingerprint density at radius 1 is 0.958 bits per heavy atom. The predicted octanol–water partition coefficient (Wildman–Crippen LogP) is 4.02. The zero-order valence-corrected chi connectivity index (χ0v) is 15.0. The Kier molecular flexibility index (Phi) is 5.90. The van der Waals surface area contributed by atoms with Crippen molar-refractivity contribution in [3.63, 3.8) is 0 Å². The van der Waals surface area contributed by atoms with E-state index in [9.17, 15) is 0 Å². The molecule has 24 heavy (non-hydrogen) atoms. The molecular formula is C19H24O4Si. The number of hydrogen-bond acceptors (Lipinski definition) is 4. The van der Waals surface area contributed by atoms with Gasteiger partial charge >= 0.3 is 8.56 Å². The fourth-order valence-corrected chi connectivity index (χ4v) is 4.77. The van der Waals surface area contributed by atoms with Crippen LogP contribution < -0.4 is 8.85 Å². The maximum absolute atomic E-state index is 6.28. The van der Waals surface area contributed by atoms with Crippen LogP contribution in [0.1, 0.15) is 6.42 Å². The number of benzene rings is 2. The van der Waals surface area contributed by atoms with Crippen LogP contribution in [0, 0.1) is 0 Å². The van der Waals surface area contributed by atoms with E-state index in [2.05, 4.69) is 6.55 Å². The lowest BCUT2D eigenvalue weighted by Gasteiger charge is -2.28. The Morgan fingerprint density at radius 3 is 2.00 bits per heavy atom. The largest absolute Gasteiger partial charge is 0.512 e. The molecule has 0 radical (unpaired) electrons. The van der Waals surface area contributed by atoms with Crippen LogP contribution >= 0.6 is 0 Å². The highest BCUT2D eigenvalue weighted by molar-refractivity contribution is 6.67. The molecule has 1 heterocycles. The lowest BCUT2D eigenvalue weighted by atomic mass is 10.3. The summed E-state index contributed by atoms with van der Waals surface area (Å²) >= 11 is 0. The van der Waals surface area contributed by atoms with E-state index >= 15 is 0 Å². The second-order valence-electron chi connectivity index (χ2n) is 6.10. The molecule has 3 rings (SSSR count). The van der Waals surface area contributed by atoms with Crippen molar-refractivity contribution in [2.75, 3.05) is 19.8 Å². The minimum Gasteiger partial charge on any atom is -0.512 e. The summed E-state index contributed by atoms with van der Waals surface area (Å²) in [6, 6.07) is 20.6. The summed E-state index contributed by atoms with van der Waals surface area (Å²) in [6.07, 6.45) is 1.23. The van der Waals surface area contributed by atoms with E-state index in [1.165, 1.54) is 0 Å². The van der Waals surface area contributed by atoms with E-state index in [0.29, 0.717) is 19.3 Å². The van der Waals surface area contributed by atoms with Gasteiger partial charge in [0.1, 0.15) is 17.6 Å². The molecule has 0 aliphatic carbocycles. The highest BCUT2D eigenvalue weighted by Crippen LogP contribution is 2.24. The van der Waals surface area contributed by atoms with Crippen LogP contribution in [0.25, 0.3) is 0 Å². The van der Waals surface area contributed by atoms with Gasteiger partial charge in [-0.05, 0) is 30.7 Å². The van der Waals surface area contributed by atoms with Crippen molar-refractivity contribution in [1.29, 1.82) is 0 Å². The van der Waals surface area contributed by atoms with E-state index in [1.807, 2.05) is 60.7 Å². The van der Waals surface area contributed by atoms with Gasteiger partial charge in [-0.3, -0.25) is 0 Å². The average Bonchev–Trinajstić information content (AvgIpc) is 3.40. The van der Waals surface area contributed by atoms with Gasteiger partial charge in [0, 0.05) is 19.2 Å². The van der Waals surface area contributed by atoms with Crippen LogP contribution in [0.3, 0.4) is 0 Å². The molecule has 1 aliphatic heterocycles. The molecule has 1 fully saturated rings. The zero-order chi connectivity index (χ0) is 16.7. The minimum atomic E-state index is -2.40. The van der Waals surface area contributed by atoms with Crippen molar-refractivity contribution >= 4 is 8.56 Å². The zero-order valence-electron chi connectivity index (χ0n) is 14.0. The minimum absolute atomic E-state index is 0.315. The predicted molar refractivity (Wildman–Crippen MR) is 95.7 cm³/mol. The van der Waals surface area contributed by atoms with Crippen molar-refractivity contribution < 1.29 is 18.3 Å². The molecule has 0 spiro atoms. The van der Waals surface area contributed by atoms with Crippen molar-refractivity contribution in [2.24, 2.45) is 0 Å². The molecule has 2 aromatic carbocycles. The first-order chi connectivity index (χ1) is 11.7. The molecule has 1 aliphatic rings.